The number of nitrogens with two attached hydrogens (primary N) is 1. The van der Waals surface area contributed by atoms with E-state index in [2.05, 4.69) is 4.98 Å². The molecule has 1 heterocycles. The van der Waals surface area contributed by atoms with Crippen LogP contribution in [0, 0.1) is 11.6 Å². The van der Waals surface area contributed by atoms with Gasteiger partial charge in [0.15, 0.2) is 0 Å². The van der Waals surface area contributed by atoms with Crippen molar-refractivity contribution in [2.45, 2.75) is 33.2 Å². The highest BCUT2D eigenvalue weighted by molar-refractivity contribution is 5.72. The van der Waals surface area contributed by atoms with Crippen molar-refractivity contribution in [2.75, 3.05) is 5.73 Å². The van der Waals surface area contributed by atoms with Gasteiger partial charge in [-0.05, 0) is 19.1 Å². The molecule has 0 saturated carbocycles. The smallest absolute Gasteiger partial charge is 0.135 e. The SMILES string of the molecule is CCn1c(C(C)C)nc(-c2c(F)cccc2F)c1N. The van der Waals surface area contributed by atoms with Crippen molar-refractivity contribution in [1.82, 2.24) is 9.55 Å². The Hall–Kier alpha value is -1.91. The molecule has 19 heavy (non-hydrogen) atoms. The van der Waals surface area contributed by atoms with E-state index in [1.807, 2.05) is 20.8 Å². The Labute approximate surface area is 111 Å². The van der Waals surface area contributed by atoms with E-state index in [0.29, 0.717) is 12.4 Å². The molecular formula is C14H17F2N3. The Morgan fingerprint density at radius 1 is 1.26 bits per heavy atom. The van der Waals surface area contributed by atoms with Gasteiger partial charge in [-0.2, -0.15) is 0 Å². The molecule has 0 saturated heterocycles. The van der Waals surface area contributed by atoms with Gasteiger partial charge in [-0.1, -0.05) is 19.9 Å². The van der Waals surface area contributed by atoms with Crippen molar-refractivity contribution in [3.05, 3.63) is 35.7 Å². The molecule has 2 aromatic rings. The third-order valence-electron chi connectivity index (χ3n) is 3.07. The fraction of sp³-hybridized carbons (Fsp3) is 0.357. The minimum Gasteiger partial charge on any atom is -0.383 e. The molecule has 0 aliphatic heterocycles. The molecule has 2 rings (SSSR count). The van der Waals surface area contributed by atoms with Gasteiger partial charge in [0.1, 0.15) is 29.0 Å². The van der Waals surface area contributed by atoms with E-state index < -0.39 is 11.6 Å². The molecule has 0 spiro atoms. The quantitative estimate of drug-likeness (QED) is 0.922. The summed E-state index contributed by atoms with van der Waals surface area (Å²) in [4.78, 5) is 4.33. The molecule has 2 N–H and O–H groups in total. The summed E-state index contributed by atoms with van der Waals surface area (Å²) in [5.41, 5.74) is 6.01. The second-order valence-corrected chi connectivity index (χ2v) is 4.70. The van der Waals surface area contributed by atoms with E-state index in [1.165, 1.54) is 18.2 Å². The van der Waals surface area contributed by atoms with Crippen LogP contribution < -0.4 is 5.73 Å². The highest BCUT2D eigenvalue weighted by atomic mass is 19.1. The number of hydrogen-bond acceptors (Lipinski definition) is 2. The summed E-state index contributed by atoms with van der Waals surface area (Å²) in [6.45, 7) is 6.47. The van der Waals surface area contributed by atoms with Crippen LogP contribution in [0.25, 0.3) is 11.3 Å². The first-order chi connectivity index (χ1) is 8.97. The van der Waals surface area contributed by atoms with Crippen LogP contribution >= 0.6 is 0 Å². The Morgan fingerprint density at radius 3 is 2.26 bits per heavy atom. The van der Waals surface area contributed by atoms with E-state index in [-0.39, 0.29) is 17.2 Å². The molecule has 5 heteroatoms. The third kappa shape index (κ3) is 2.20. The van der Waals surface area contributed by atoms with Crippen molar-refractivity contribution < 1.29 is 8.78 Å². The highest BCUT2D eigenvalue weighted by Gasteiger charge is 2.22. The monoisotopic (exact) mass is 265 g/mol. The van der Waals surface area contributed by atoms with Crippen molar-refractivity contribution in [3.63, 3.8) is 0 Å². The van der Waals surface area contributed by atoms with Crippen LogP contribution in [0.2, 0.25) is 0 Å². The molecule has 0 bridgehead atoms. The van der Waals surface area contributed by atoms with Gasteiger partial charge in [0.2, 0.25) is 0 Å². The summed E-state index contributed by atoms with van der Waals surface area (Å²) in [7, 11) is 0. The summed E-state index contributed by atoms with van der Waals surface area (Å²) >= 11 is 0. The van der Waals surface area contributed by atoms with E-state index in [0.717, 1.165) is 5.82 Å². The molecule has 1 aromatic carbocycles. The van der Waals surface area contributed by atoms with E-state index >= 15 is 0 Å². The van der Waals surface area contributed by atoms with E-state index in [9.17, 15) is 8.78 Å². The van der Waals surface area contributed by atoms with Gasteiger partial charge in [-0.15, -0.1) is 0 Å². The molecule has 0 radical (unpaired) electrons. The summed E-state index contributed by atoms with van der Waals surface area (Å²) in [5, 5.41) is 0. The predicted octanol–water partition coefficient (Wildman–Crippen LogP) is 3.55. The van der Waals surface area contributed by atoms with Crippen molar-refractivity contribution in [1.29, 1.82) is 0 Å². The average Bonchev–Trinajstić information content (AvgIpc) is 2.67. The lowest BCUT2D eigenvalue weighted by molar-refractivity contribution is 0.589. The minimum absolute atomic E-state index is 0.130. The lowest BCUT2D eigenvalue weighted by Crippen LogP contribution is -2.06. The summed E-state index contributed by atoms with van der Waals surface area (Å²) in [6, 6.07) is 3.74. The van der Waals surface area contributed by atoms with Crippen LogP contribution in [-0.2, 0) is 6.54 Å². The zero-order chi connectivity index (χ0) is 14.2. The maximum absolute atomic E-state index is 13.8. The van der Waals surface area contributed by atoms with Crippen molar-refractivity contribution in [2.24, 2.45) is 0 Å². The first-order valence-corrected chi connectivity index (χ1v) is 6.27. The second kappa shape index (κ2) is 4.99. The van der Waals surface area contributed by atoms with E-state index in [4.69, 9.17) is 5.73 Å². The first-order valence-electron chi connectivity index (χ1n) is 6.27. The molecule has 0 unspecified atom stereocenters. The van der Waals surface area contributed by atoms with Gasteiger partial charge in [-0.25, -0.2) is 13.8 Å². The number of nitrogens with zero attached hydrogens (tertiary/aromatic N) is 2. The van der Waals surface area contributed by atoms with Crippen LogP contribution in [0.4, 0.5) is 14.6 Å². The third-order valence-corrected chi connectivity index (χ3v) is 3.07. The van der Waals surface area contributed by atoms with Gasteiger partial charge in [-0.3, -0.25) is 0 Å². The Morgan fingerprint density at radius 2 is 1.84 bits per heavy atom. The molecule has 3 nitrogen and oxygen atoms in total. The molecule has 0 atom stereocenters. The fourth-order valence-corrected chi connectivity index (χ4v) is 2.16. The molecule has 0 amide bonds. The number of halogens is 2. The van der Waals surface area contributed by atoms with Gasteiger partial charge in [0.25, 0.3) is 0 Å². The molecule has 1 aromatic heterocycles. The maximum atomic E-state index is 13.8. The van der Waals surface area contributed by atoms with Crippen molar-refractivity contribution >= 4 is 5.82 Å². The average molecular weight is 265 g/mol. The van der Waals surface area contributed by atoms with Gasteiger partial charge < -0.3 is 10.3 Å². The highest BCUT2D eigenvalue weighted by Crippen LogP contribution is 2.32. The van der Waals surface area contributed by atoms with Gasteiger partial charge in [0, 0.05) is 12.5 Å². The van der Waals surface area contributed by atoms with Crippen LogP contribution in [0.1, 0.15) is 32.5 Å². The Bertz CT molecular complexity index is 583. The molecule has 0 fully saturated rings. The fourth-order valence-electron chi connectivity index (χ4n) is 2.16. The number of imidazole rings is 1. The van der Waals surface area contributed by atoms with E-state index in [1.54, 1.807) is 4.57 Å². The lowest BCUT2D eigenvalue weighted by Gasteiger charge is -2.08. The lowest BCUT2D eigenvalue weighted by atomic mass is 10.1. The maximum Gasteiger partial charge on any atom is 0.135 e. The number of rotatable bonds is 3. The number of nitrogen functional groups attached to an aromatic ring is 1. The van der Waals surface area contributed by atoms with Crippen LogP contribution in [0.5, 0.6) is 0 Å². The first kappa shape index (κ1) is 13.5. The zero-order valence-corrected chi connectivity index (χ0v) is 11.2. The van der Waals surface area contributed by atoms with Crippen LogP contribution in [0.15, 0.2) is 18.2 Å². The number of hydrogen-bond donors (Lipinski definition) is 1. The topological polar surface area (TPSA) is 43.8 Å². The number of aromatic nitrogens is 2. The van der Waals surface area contributed by atoms with Gasteiger partial charge in [0.05, 0.1) is 5.56 Å². The largest absolute Gasteiger partial charge is 0.383 e. The zero-order valence-electron chi connectivity index (χ0n) is 11.2. The van der Waals surface area contributed by atoms with Crippen molar-refractivity contribution in [3.8, 4) is 11.3 Å². The standard InChI is InChI=1S/C14H17F2N3/c1-4-19-13(17)12(18-14(19)8(2)3)11-9(15)6-5-7-10(11)16/h5-8H,4,17H2,1-3H3. The molecular weight excluding hydrogens is 248 g/mol. The minimum atomic E-state index is -0.650. The Balaban J connectivity index is 2.70. The molecule has 0 aliphatic rings. The van der Waals surface area contributed by atoms with Gasteiger partial charge >= 0.3 is 0 Å². The summed E-state index contributed by atoms with van der Waals surface area (Å²) < 4.78 is 29.4. The second-order valence-electron chi connectivity index (χ2n) is 4.70. The molecule has 102 valence electrons. The number of anilines is 1. The number of benzene rings is 1. The Kier molecular flexibility index (Phi) is 3.55. The van der Waals surface area contributed by atoms with Crippen LogP contribution in [-0.4, -0.2) is 9.55 Å². The predicted molar refractivity (Wildman–Crippen MR) is 71.8 cm³/mol. The summed E-state index contributed by atoms with van der Waals surface area (Å²) in [5.74, 6) is -0.135. The van der Waals surface area contributed by atoms with Crippen LogP contribution in [0.3, 0.4) is 0 Å². The molecule has 0 aliphatic carbocycles. The normalized spacial score (nSPS) is 11.3. The summed E-state index contributed by atoms with van der Waals surface area (Å²) in [6.07, 6.45) is 0.